The lowest BCUT2D eigenvalue weighted by Gasteiger charge is -2.06. The van der Waals surface area contributed by atoms with E-state index in [4.69, 9.17) is 17.0 Å². The van der Waals surface area contributed by atoms with Crippen molar-refractivity contribution in [2.24, 2.45) is 0 Å². The van der Waals surface area contributed by atoms with Gasteiger partial charge in [0, 0.05) is 12.2 Å². The Morgan fingerprint density at radius 3 is 1.54 bits per heavy atom. The molecule has 0 radical (unpaired) electrons. The normalized spacial score (nSPS) is 10.9. The second-order valence-electron chi connectivity index (χ2n) is 6.91. The number of unbranched alkanes of at least 4 members (excludes halogenated alkanes) is 14. The minimum absolute atomic E-state index is 0.777. The zero-order valence-corrected chi connectivity index (χ0v) is 18.1. The average molecular weight is 375 g/mol. The third-order valence-electron chi connectivity index (χ3n) is 4.53. The molecule has 1 nitrogen and oxygen atoms in total. The third-order valence-corrected chi connectivity index (χ3v) is 5.43. The lowest BCUT2D eigenvalue weighted by atomic mass is 10.0. The Bertz CT molecular complexity index is 256. The van der Waals surface area contributed by atoms with E-state index < -0.39 is 0 Å². The Morgan fingerprint density at radius 1 is 0.708 bits per heavy atom. The summed E-state index contributed by atoms with van der Waals surface area (Å²) in [5.74, 6) is 1.04. The zero-order valence-electron chi connectivity index (χ0n) is 16.5. The summed E-state index contributed by atoms with van der Waals surface area (Å²) in [6.45, 7) is 3.07. The van der Waals surface area contributed by atoms with Crippen LogP contribution in [0, 0.1) is 0 Å². The molecular weight excluding hydrogens is 332 g/mol. The maximum atomic E-state index is 5.51. The van der Waals surface area contributed by atoms with E-state index in [2.05, 4.69) is 13.2 Å². The van der Waals surface area contributed by atoms with Crippen LogP contribution < -0.4 is 0 Å². The second-order valence-corrected chi connectivity index (χ2v) is 8.35. The van der Waals surface area contributed by atoms with Crippen LogP contribution >= 0.6 is 24.0 Å². The molecule has 0 aliphatic rings. The van der Waals surface area contributed by atoms with Crippen molar-refractivity contribution in [2.75, 3.05) is 18.6 Å². The first kappa shape index (κ1) is 24.2. The van der Waals surface area contributed by atoms with Gasteiger partial charge in [-0.05, 0) is 24.9 Å². The second kappa shape index (κ2) is 21.3. The van der Waals surface area contributed by atoms with Crippen LogP contribution in [0.3, 0.4) is 0 Å². The van der Waals surface area contributed by atoms with Gasteiger partial charge in [-0.15, -0.1) is 0 Å². The summed E-state index contributed by atoms with van der Waals surface area (Å²) in [5.41, 5.74) is 0. The molecule has 0 aromatic heterocycles. The maximum absolute atomic E-state index is 5.51. The molecule has 3 heteroatoms. The monoisotopic (exact) mass is 374 g/mol. The number of hydrogen-bond donors (Lipinski definition) is 0. The van der Waals surface area contributed by atoms with Crippen LogP contribution in [-0.4, -0.2) is 23.7 Å². The van der Waals surface area contributed by atoms with Crippen molar-refractivity contribution in [2.45, 2.75) is 110 Å². The molecule has 0 aliphatic carbocycles. The maximum Gasteiger partial charge on any atom is 0.159 e. The average Bonchev–Trinajstić information content (AvgIpc) is 2.58. The first-order valence-corrected chi connectivity index (χ1v) is 12.3. The first-order valence-electron chi connectivity index (χ1n) is 10.5. The molecule has 0 aromatic carbocycles. The topological polar surface area (TPSA) is 9.23 Å². The summed E-state index contributed by atoms with van der Waals surface area (Å²) >= 11 is 7.04. The van der Waals surface area contributed by atoms with Gasteiger partial charge < -0.3 is 4.74 Å². The molecule has 0 N–H and O–H groups in total. The minimum Gasteiger partial charge on any atom is -0.486 e. The van der Waals surface area contributed by atoms with Gasteiger partial charge in [0.05, 0.1) is 6.61 Å². The SMILES string of the molecule is CCCCCCCCCCCCCCCCCC(=S)OCCSC. The standard InChI is InChI=1S/C21H42OS2/c1-3-4-5-6-7-8-9-10-11-12-13-14-15-16-17-18-21(23)22-19-20-24-2/h3-20H2,1-2H3. The van der Waals surface area contributed by atoms with Gasteiger partial charge in [-0.3, -0.25) is 0 Å². The lowest BCUT2D eigenvalue weighted by molar-refractivity contribution is 0.329. The van der Waals surface area contributed by atoms with E-state index in [1.54, 1.807) is 0 Å². The van der Waals surface area contributed by atoms with E-state index in [1.807, 2.05) is 11.8 Å². The Balaban J connectivity index is 3.06. The summed E-state index contributed by atoms with van der Waals surface area (Å²) in [6, 6.07) is 0. The molecule has 0 rings (SSSR count). The molecule has 0 bridgehead atoms. The van der Waals surface area contributed by atoms with Gasteiger partial charge in [0.25, 0.3) is 0 Å². The fraction of sp³-hybridized carbons (Fsp3) is 0.952. The van der Waals surface area contributed by atoms with Crippen LogP contribution in [0.4, 0.5) is 0 Å². The quantitative estimate of drug-likeness (QED) is 0.168. The van der Waals surface area contributed by atoms with E-state index >= 15 is 0 Å². The van der Waals surface area contributed by atoms with E-state index in [-0.39, 0.29) is 0 Å². The van der Waals surface area contributed by atoms with Crippen LogP contribution in [0.15, 0.2) is 0 Å². The van der Waals surface area contributed by atoms with Crippen molar-refractivity contribution in [3.8, 4) is 0 Å². The van der Waals surface area contributed by atoms with E-state index in [0.29, 0.717) is 0 Å². The summed E-state index contributed by atoms with van der Waals surface area (Å²) in [4.78, 5) is 0. The highest BCUT2D eigenvalue weighted by atomic mass is 32.2. The fourth-order valence-corrected chi connectivity index (χ4v) is 3.43. The molecular formula is C21H42OS2. The number of thiocarbonyl (C=S) groups is 1. The molecule has 24 heavy (non-hydrogen) atoms. The fourth-order valence-electron chi connectivity index (χ4n) is 2.95. The van der Waals surface area contributed by atoms with Gasteiger partial charge in [0.2, 0.25) is 0 Å². The lowest BCUT2D eigenvalue weighted by Crippen LogP contribution is -2.04. The Kier molecular flexibility index (Phi) is 21.5. The van der Waals surface area contributed by atoms with Gasteiger partial charge in [-0.1, -0.05) is 96.8 Å². The van der Waals surface area contributed by atoms with Gasteiger partial charge in [-0.2, -0.15) is 11.8 Å². The van der Waals surface area contributed by atoms with Crippen LogP contribution in [-0.2, 0) is 4.74 Å². The molecule has 0 aliphatic heterocycles. The highest BCUT2D eigenvalue weighted by molar-refractivity contribution is 7.98. The van der Waals surface area contributed by atoms with Crippen molar-refractivity contribution < 1.29 is 4.74 Å². The van der Waals surface area contributed by atoms with Crippen LogP contribution in [0.1, 0.15) is 110 Å². The highest BCUT2D eigenvalue weighted by Crippen LogP contribution is 2.14. The van der Waals surface area contributed by atoms with Crippen LogP contribution in [0.2, 0.25) is 0 Å². The summed E-state index contributed by atoms with van der Waals surface area (Å²) in [6.07, 6.45) is 24.2. The van der Waals surface area contributed by atoms with E-state index in [0.717, 1.165) is 23.8 Å². The van der Waals surface area contributed by atoms with Crippen molar-refractivity contribution in [3.05, 3.63) is 0 Å². The summed E-state index contributed by atoms with van der Waals surface area (Å²) in [5, 5.41) is 0.818. The van der Waals surface area contributed by atoms with Gasteiger partial charge in [-0.25, -0.2) is 0 Å². The molecule has 0 saturated heterocycles. The number of rotatable bonds is 19. The highest BCUT2D eigenvalue weighted by Gasteiger charge is 1.98. The molecule has 0 amide bonds. The molecule has 0 atom stereocenters. The molecule has 0 spiro atoms. The van der Waals surface area contributed by atoms with Gasteiger partial charge >= 0.3 is 0 Å². The predicted octanol–water partition coefficient (Wildman–Crippen LogP) is 7.95. The molecule has 144 valence electrons. The zero-order chi connectivity index (χ0) is 17.7. The molecule has 0 saturated carbocycles. The smallest absolute Gasteiger partial charge is 0.159 e. The van der Waals surface area contributed by atoms with Gasteiger partial charge in [0.15, 0.2) is 5.05 Å². The predicted molar refractivity (Wildman–Crippen MR) is 116 cm³/mol. The van der Waals surface area contributed by atoms with E-state index in [9.17, 15) is 0 Å². The van der Waals surface area contributed by atoms with Crippen LogP contribution in [0.25, 0.3) is 0 Å². The van der Waals surface area contributed by atoms with Crippen molar-refractivity contribution in [1.82, 2.24) is 0 Å². The van der Waals surface area contributed by atoms with Gasteiger partial charge in [0.1, 0.15) is 0 Å². The Hall–Kier alpha value is 0.240. The summed E-state index contributed by atoms with van der Waals surface area (Å²) in [7, 11) is 0. The number of hydrogen-bond acceptors (Lipinski definition) is 3. The first-order chi connectivity index (χ1) is 11.8. The van der Waals surface area contributed by atoms with Crippen molar-refractivity contribution in [3.63, 3.8) is 0 Å². The van der Waals surface area contributed by atoms with E-state index in [1.165, 1.54) is 96.3 Å². The Labute approximate surface area is 162 Å². The largest absolute Gasteiger partial charge is 0.486 e. The minimum atomic E-state index is 0.777. The van der Waals surface area contributed by atoms with Crippen molar-refractivity contribution in [1.29, 1.82) is 0 Å². The third kappa shape index (κ3) is 20.3. The molecule has 0 fully saturated rings. The molecule has 0 unspecified atom stereocenters. The molecule has 0 aromatic rings. The summed E-state index contributed by atoms with van der Waals surface area (Å²) < 4.78 is 5.51. The molecule has 0 heterocycles. The number of ether oxygens (including phenoxy) is 1. The van der Waals surface area contributed by atoms with Crippen LogP contribution in [0.5, 0.6) is 0 Å². The van der Waals surface area contributed by atoms with Crippen molar-refractivity contribution >= 4 is 29.0 Å². The number of thioether (sulfide) groups is 1. The Morgan fingerprint density at radius 2 is 1.12 bits per heavy atom.